The van der Waals surface area contributed by atoms with Crippen molar-refractivity contribution in [1.82, 2.24) is 0 Å². The number of Topliss-reactive ketones (excluding diaryl/α,β-unsaturated/α-hetero) is 1. The summed E-state index contributed by atoms with van der Waals surface area (Å²) in [4.78, 5) is 20.8. The van der Waals surface area contributed by atoms with Crippen LogP contribution in [0.25, 0.3) is 0 Å². The molecule has 0 saturated carbocycles. The van der Waals surface area contributed by atoms with Crippen molar-refractivity contribution in [1.29, 1.82) is 0 Å². The van der Waals surface area contributed by atoms with E-state index in [2.05, 4.69) is 0 Å². The van der Waals surface area contributed by atoms with Crippen LogP contribution in [0.4, 0.5) is 0 Å². The van der Waals surface area contributed by atoms with Gasteiger partial charge in [0.2, 0.25) is 0 Å². The van der Waals surface area contributed by atoms with Gasteiger partial charge in [0.05, 0.1) is 0 Å². The summed E-state index contributed by atoms with van der Waals surface area (Å²) >= 11 is 0. The summed E-state index contributed by atoms with van der Waals surface area (Å²) in [5.74, 6) is -0.423. The van der Waals surface area contributed by atoms with E-state index < -0.39 is 5.97 Å². The maximum atomic E-state index is 10.6. The molecule has 88 valence electrons. The molecule has 3 heteroatoms. The summed E-state index contributed by atoms with van der Waals surface area (Å²) in [6.07, 6.45) is 8.39. The quantitative estimate of drug-likeness (QED) is 0.568. The van der Waals surface area contributed by atoms with Gasteiger partial charge in [-0.3, -0.25) is 4.79 Å². The average molecular weight is 214 g/mol. The minimum atomic E-state index is -0.698. The molecule has 0 unspecified atom stereocenters. The zero-order chi connectivity index (χ0) is 11.5. The third-order valence-electron chi connectivity index (χ3n) is 2.42. The maximum absolute atomic E-state index is 10.6. The van der Waals surface area contributed by atoms with Gasteiger partial charge in [-0.25, -0.2) is 0 Å². The largest absolute Gasteiger partial charge is 0.481 e. The summed E-state index contributed by atoms with van der Waals surface area (Å²) in [7, 11) is 0. The SMILES string of the molecule is CC(=O)CCCCCCCCCC(=O)O. The summed E-state index contributed by atoms with van der Waals surface area (Å²) in [6, 6.07) is 0. The molecule has 15 heavy (non-hydrogen) atoms. The van der Waals surface area contributed by atoms with E-state index in [4.69, 9.17) is 5.11 Å². The molecule has 0 fully saturated rings. The lowest BCUT2D eigenvalue weighted by Crippen LogP contribution is -1.93. The molecule has 1 N–H and O–H groups in total. The van der Waals surface area contributed by atoms with Crippen LogP contribution in [-0.2, 0) is 9.59 Å². The van der Waals surface area contributed by atoms with Gasteiger partial charge in [-0.2, -0.15) is 0 Å². The number of carboxylic acids is 1. The Balaban J connectivity index is 2.99. The van der Waals surface area contributed by atoms with Gasteiger partial charge in [0.25, 0.3) is 0 Å². The molecule has 0 amide bonds. The molecule has 0 atom stereocenters. The number of aliphatic carboxylic acids is 1. The van der Waals surface area contributed by atoms with Crippen LogP contribution in [0.1, 0.15) is 64.7 Å². The standard InChI is InChI=1S/C12H22O3/c1-11(13)9-7-5-3-2-4-6-8-10-12(14)15/h2-10H2,1H3,(H,14,15). The molecule has 0 rings (SSSR count). The first-order chi connectivity index (χ1) is 7.13. The number of hydrogen-bond acceptors (Lipinski definition) is 2. The highest BCUT2D eigenvalue weighted by molar-refractivity contribution is 5.75. The second kappa shape index (κ2) is 9.69. The van der Waals surface area contributed by atoms with Crippen LogP contribution >= 0.6 is 0 Å². The van der Waals surface area contributed by atoms with Crippen molar-refractivity contribution < 1.29 is 14.7 Å². The normalized spacial score (nSPS) is 10.2. The molecular formula is C12H22O3. The molecule has 0 saturated heterocycles. The Morgan fingerprint density at radius 1 is 0.800 bits per heavy atom. The first kappa shape index (κ1) is 14.1. The topological polar surface area (TPSA) is 54.4 Å². The molecule has 0 spiro atoms. The van der Waals surface area contributed by atoms with Gasteiger partial charge in [-0.15, -0.1) is 0 Å². The van der Waals surface area contributed by atoms with Gasteiger partial charge in [0.1, 0.15) is 5.78 Å². The fourth-order valence-corrected chi connectivity index (χ4v) is 1.53. The van der Waals surface area contributed by atoms with Crippen LogP contribution in [0.15, 0.2) is 0 Å². The molecule has 0 aromatic rings. The third-order valence-corrected chi connectivity index (χ3v) is 2.42. The lowest BCUT2D eigenvalue weighted by atomic mass is 10.1. The summed E-state index contributed by atoms with van der Waals surface area (Å²) in [5.41, 5.74) is 0. The van der Waals surface area contributed by atoms with Crippen molar-refractivity contribution in [3.8, 4) is 0 Å². The predicted molar refractivity (Wildman–Crippen MR) is 59.9 cm³/mol. The highest BCUT2D eigenvalue weighted by atomic mass is 16.4. The number of carbonyl (C=O) groups excluding carboxylic acids is 1. The van der Waals surface area contributed by atoms with Gasteiger partial charge >= 0.3 is 5.97 Å². The minimum absolute atomic E-state index is 0.274. The smallest absolute Gasteiger partial charge is 0.303 e. The molecule has 0 heterocycles. The van der Waals surface area contributed by atoms with Crippen LogP contribution < -0.4 is 0 Å². The predicted octanol–water partition coefficient (Wildman–Crippen LogP) is 3.17. The Morgan fingerprint density at radius 2 is 1.20 bits per heavy atom. The highest BCUT2D eigenvalue weighted by Gasteiger charge is 1.97. The molecule has 3 nitrogen and oxygen atoms in total. The van der Waals surface area contributed by atoms with Gasteiger partial charge in [0.15, 0.2) is 0 Å². The second-order valence-electron chi connectivity index (χ2n) is 4.07. The molecule has 0 aliphatic heterocycles. The fourth-order valence-electron chi connectivity index (χ4n) is 1.53. The third kappa shape index (κ3) is 13.1. The second-order valence-corrected chi connectivity index (χ2v) is 4.07. The van der Waals surface area contributed by atoms with Crippen molar-refractivity contribution in [3.63, 3.8) is 0 Å². The molecule has 0 aromatic heterocycles. The van der Waals surface area contributed by atoms with Crippen LogP contribution in [0.3, 0.4) is 0 Å². The number of carboxylic acid groups (broad SMARTS) is 1. The molecule has 0 aromatic carbocycles. The van der Waals surface area contributed by atoms with Crippen molar-refractivity contribution in [3.05, 3.63) is 0 Å². The molecule has 0 radical (unpaired) electrons. The Morgan fingerprint density at radius 3 is 1.60 bits per heavy atom. The van der Waals surface area contributed by atoms with E-state index in [1.807, 2.05) is 0 Å². The number of unbranched alkanes of at least 4 members (excludes halogenated alkanes) is 6. The lowest BCUT2D eigenvalue weighted by Gasteiger charge is -2.00. The van der Waals surface area contributed by atoms with Gasteiger partial charge in [-0.05, 0) is 19.8 Å². The number of ketones is 1. The van der Waals surface area contributed by atoms with E-state index in [9.17, 15) is 9.59 Å². The fraction of sp³-hybridized carbons (Fsp3) is 0.833. The summed E-state index contributed by atoms with van der Waals surface area (Å²) in [5, 5.41) is 8.41. The molecular weight excluding hydrogens is 192 g/mol. The maximum Gasteiger partial charge on any atom is 0.303 e. The van der Waals surface area contributed by atoms with Gasteiger partial charge < -0.3 is 9.90 Å². The zero-order valence-electron chi connectivity index (χ0n) is 9.63. The van der Waals surface area contributed by atoms with Crippen LogP contribution in [0.2, 0.25) is 0 Å². The van der Waals surface area contributed by atoms with Gasteiger partial charge in [-0.1, -0.05) is 32.1 Å². The van der Waals surface area contributed by atoms with Crippen LogP contribution in [0.5, 0.6) is 0 Å². The van der Waals surface area contributed by atoms with Crippen molar-refractivity contribution >= 4 is 11.8 Å². The Bertz CT molecular complexity index is 167. The van der Waals surface area contributed by atoms with Crippen molar-refractivity contribution in [2.45, 2.75) is 64.7 Å². The van der Waals surface area contributed by atoms with Gasteiger partial charge in [0, 0.05) is 12.8 Å². The first-order valence-electron chi connectivity index (χ1n) is 5.84. The van der Waals surface area contributed by atoms with E-state index >= 15 is 0 Å². The van der Waals surface area contributed by atoms with E-state index in [1.165, 1.54) is 6.42 Å². The van der Waals surface area contributed by atoms with Crippen molar-refractivity contribution in [2.24, 2.45) is 0 Å². The molecule has 0 aliphatic carbocycles. The summed E-state index contributed by atoms with van der Waals surface area (Å²) in [6.45, 7) is 1.63. The lowest BCUT2D eigenvalue weighted by molar-refractivity contribution is -0.137. The number of hydrogen-bond donors (Lipinski definition) is 1. The molecule has 0 bridgehead atoms. The number of rotatable bonds is 10. The Hall–Kier alpha value is -0.860. The zero-order valence-corrected chi connectivity index (χ0v) is 9.63. The van der Waals surface area contributed by atoms with Crippen LogP contribution in [0, 0.1) is 0 Å². The van der Waals surface area contributed by atoms with E-state index in [1.54, 1.807) is 6.92 Å². The number of carbonyl (C=O) groups is 2. The van der Waals surface area contributed by atoms with E-state index in [0.29, 0.717) is 12.8 Å². The highest BCUT2D eigenvalue weighted by Crippen LogP contribution is 2.09. The first-order valence-corrected chi connectivity index (χ1v) is 5.84. The Labute approximate surface area is 91.9 Å². The molecule has 0 aliphatic rings. The Kier molecular flexibility index (Phi) is 9.13. The monoisotopic (exact) mass is 214 g/mol. The van der Waals surface area contributed by atoms with E-state index in [-0.39, 0.29) is 5.78 Å². The summed E-state index contributed by atoms with van der Waals surface area (Å²) < 4.78 is 0. The average Bonchev–Trinajstić information content (AvgIpc) is 2.14. The minimum Gasteiger partial charge on any atom is -0.481 e. The van der Waals surface area contributed by atoms with Crippen LogP contribution in [-0.4, -0.2) is 16.9 Å². The van der Waals surface area contributed by atoms with E-state index in [0.717, 1.165) is 38.5 Å². The van der Waals surface area contributed by atoms with Crippen molar-refractivity contribution in [2.75, 3.05) is 0 Å².